The first-order chi connectivity index (χ1) is 7.98. The molecule has 1 aromatic rings. The molecule has 0 fully saturated rings. The van der Waals surface area contributed by atoms with E-state index < -0.39 is 12.1 Å². The second kappa shape index (κ2) is 5.11. The topological polar surface area (TPSA) is 60.2 Å². The van der Waals surface area contributed by atoms with E-state index in [0.29, 0.717) is 17.3 Å². The fourth-order valence-corrected chi connectivity index (χ4v) is 2.77. The first kappa shape index (κ1) is 13.4. The van der Waals surface area contributed by atoms with Crippen molar-refractivity contribution >= 4 is 18.1 Å². The van der Waals surface area contributed by atoms with Crippen molar-refractivity contribution in [3.63, 3.8) is 0 Å². The molecule has 0 N–H and O–H groups in total. The van der Waals surface area contributed by atoms with Gasteiger partial charge >= 0.3 is 0 Å². The van der Waals surface area contributed by atoms with Gasteiger partial charge < -0.3 is 4.57 Å². The summed E-state index contributed by atoms with van der Waals surface area (Å²) in [5.41, 5.74) is 0.618. The molecule has 1 rings (SSSR count). The van der Waals surface area contributed by atoms with Gasteiger partial charge in [-0.3, -0.25) is 10.1 Å². The summed E-state index contributed by atoms with van der Waals surface area (Å²) in [6.07, 6.45) is 0.512. The van der Waals surface area contributed by atoms with Crippen molar-refractivity contribution < 1.29 is 9.49 Å². The van der Waals surface area contributed by atoms with Crippen LogP contribution < -0.4 is 5.30 Å². The minimum absolute atomic E-state index is 0.0518. The third kappa shape index (κ3) is 2.53. The van der Waals surface area contributed by atoms with Gasteiger partial charge in [0.25, 0.3) is 5.69 Å². The molecule has 0 aliphatic carbocycles. The molecule has 0 atom stereocenters. The lowest BCUT2D eigenvalue weighted by atomic mass is 10.1. The van der Waals surface area contributed by atoms with E-state index in [4.69, 9.17) is 0 Å². The van der Waals surface area contributed by atoms with Gasteiger partial charge in [-0.15, -0.1) is 0 Å². The molecule has 0 heterocycles. The van der Waals surface area contributed by atoms with E-state index in [1.807, 2.05) is 6.92 Å². The summed E-state index contributed by atoms with van der Waals surface area (Å²) in [6, 6.07) is 4.48. The second-order valence-corrected chi connectivity index (χ2v) is 6.16. The average Bonchev–Trinajstić information content (AvgIpc) is 2.36. The van der Waals surface area contributed by atoms with Gasteiger partial charge in [-0.05, 0) is 30.2 Å². The predicted octanol–water partition coefficient (Wildman–Crippen LogP) is 3.43. The van der Waals surface area contributed by atoms with Crippen LogP contribution in [0.3, 0.4) is 0 Å². The lowest BCUT2D eigenvalue weighted by molar-refractivity contribution is -0.385. The van der Waals surface area contributed by atoms with Gasteiger partial charge in [0.15, 0.2) is 7.14 Å². The fraction of sp³-hybridized carbons (Fsp3) is 0.167. The highest BCUT2D eigenvalue weighted by Crippen LogP contribution is 2.47. The summed E-state index contributed by atoms with van der Waals surface area (Å²) in [7, 11) is -2.82. The van der Waals surface area contributed by atoms with Crippen LogP contribution in [0.2, 0.25) is 0 Å². The van der Waals surface area contributed by atoms with Crippen molar-refractivity contribution in [3.05, 3.63) is 58.7 Å². The van der Waals surface area contributed by atoms with E-state index in [-0.39, 0.29) is 5.69 Å². The smallest absolute Gasteiger partial charge is 0.272 e. The van der Waals surface area contributed by atoms with E-state index in [1.54, 1.807) is 6.07 Å². The largest absolute Gasteiger partial charge is 0.310 e. The molecule has 0 bridgehead atoms. The van der Waals surface area contributed by atoms with Gasteiger partial charge in [-0.2, -0.15) is 0 Å². The molecule has 90 valence electrons. The average molecular weight is 251 g/mol. The molecule has 4 nitrogen and oxygen atoms in total. The number of nitrogens with zero attached hydrogens (tertiary/aromatic N) is 1. The summed E-state index contributed by atoms with van der Waals surface area (Å²) >= 11 is 0. The maximum atomic E-state index is 12.3. The third-order valence-corrected chi connectivity index (χ3v) is 4.76. The van der Waals surface area contributed by atoms with Crippen LogP contribution in [0.4, 0.5) is 5.69 Å². The zero-order valence-corrected chi connectivity index (χ0v) is 10.5. The van der Waals surface area contributed by atoms with Crippen LogP contribution in [-0.4, -0.2) is 4.92 Å². The summed E-state index contributed by atoms with van der Waals surface area (Å²) in [4.78, 5) is 10.3. The van der Waals surface area contributed by atoms with E-state index in [1.165, 1.54) is 23.8 Å². The third-order valence-electron chi connectivity index (χ3n) is 2.59. The Morgan fingerprint density at radius 3 is 2.41 bits per heavy atom. The van der Waals surface area contributed by atoms with E-state index >= 15 is 0 Å². The Balaban J connectivity index is 3.41. The summed E-state index contributed by atoms with van der Waals surface area (Å²) < 4.78 is 12.3. The standard InChI is InChI=1S/C12H14NO3P/c1-4-10-9-11(17(16,5-2)6-3)7-8-12(10)13(14)15/h5-9H,2-4H2,1H3. The summed E-state index contributed by atoms with van der Waals surface area (Å²) in [5.74, 6) is 2.70. The fourth-order valence-electron chi connectivity index (χ4n) is 1.54. The van der Waals surface area contributed by atoms with E-state index in [0.717, 1.165) is 0 Å². The minimum Gasteiger partial charge on any atom is -0.310 e. The molecule has 17 heavy (non-hydrogen) atoms. The van der Waals surface area contributed by atoms with Gasteiger partial charge in [0.1, 0.15) is 0 Å². The van der Waals surface area contributed by atoms with Crippen molar-refractivity contribution in [1.29, 1.82) is 0 Å². The molecule has 5 heteroatoms. The Bertz CT molecular complexity index is 510. The summed E-state index contributed by atoms with van der Waals surface area (Å²) in [5, 5.41) is 11.3. The lowest BCUT2D eigenvalue weighted by Crippen LogP contribution is -2.05. The predicted molar refractivity (Wildman–Crippen MR) is 70.1 cm³/mol. The number of benzene rings is 1. The molecule has 0 aliphatic heterocycles. The molecule has 0 unspecified atom stereocenters. The maximum Gasteiger partial charge on any atom is 0.272 e. The highest BCUT2D eigenvalue weighted by atomic mass is 31.2. The monoisotopic (exact) mass is 251 g/mol. The van der Waals surface area contributed by atoms with Crippen molar-refractivity contribution in [2.75, 3.05) is 0 Å². The van der Waals surface area contributed by atoms with Gasteiger partial charge in [0.05, 0.1) is 4.92 Å². The van der Waals surface area contributed by atoms with Crippen LogP contribution in [0.15, 0.2) is 43.0 Å². The van der Waals surface area contributed by atoms with Crippen molar-refractivity contribution in [2.45, 2.75) is 13.3 Å². The van der Waals surface area contributed by atoms with Crippen LogP contribution in [0.5, 0.6) is 0 Å². The Labute approximate surface area is 100 Å². The second-order valence-electron chi connectivity index (χ2n) is 3.50. The SMILES string of the molecule is C=CP(=O)(C=C)c1ccc([N+](=O)[O-])c(CC)c1. The summed E-state index contributed by atoms with van der Waals surface area (Å²) in [6.45, 7) is 8.87. The van der Waals surface area contributed by atoms with Gasteiger partial charge in [-0.1, -0.05) is 20.1 Å². The Hall–Kier alpha value is -1.67. The number of hydrogen-bond donors (Lipinski definition) is 0. The number of hydrogen-bond acceptors (Lipinski definition) is 3. The molecular weight excluding hydrogens is 237 g/mol. The number of nitro groups is 1. The first-order valence-corrected chi connectivity index (χ1v) is 6.97. The van der Waals surface area contributed by atoms with Crippen LogP contribution in [-0.2, 0) is 11.0 Å². The number of aryl methyl sites for hydroxylation is 1. The van der Waals surface area contributed by atoms with Crippen LogP contribution in [0.1, 0.15) is 12.5 Å². The molecule has 0 aliphatic rings. The van der Waals surface area contributed by atoms with E-state index in [2.05, 4.69) is 13.2 Å². The highest BCUT2D eigenvalue weighted by molar-refractivity contribution is 7.77. The Morgan fingerprint density at radius 1 is 1.41 bits per heavy atom. The lowest BCUT2D eigenvalue weighted by Gasteiger charge is -2.10. The molecule has 0 spiro atoms. The first-order valence-electron chi connectivity index (χ1n) is 5.13. The van der Waals surface area contributed by atoms with Crippen molar-refractivity contribution in [2.24, 2.45) is 0 Å². The quantitative estimate of drug-likeness (QED) is 0.457. The Morgan fingerprint density at radius 2 is 2.00 bits per heavy atom. The van der Waals surface area contributed by atoms with Gasteiger partial charge in [0.2, 0.25) is 0 Å². The molecule has 0 saturated heterocycles. The number of rotatable bonds is 5. The molecule has 0 amide bonds. The Kier molecular flexibility index (Phi) is 4.02. The zero-order chi connectivity index (χ0) is 13.1. The minimum atomic E-state index is -2.82. The molecule has 1 aromatic carbocycles. The van der Waals surface area contributed by atoms with E-state index in [9.17, 15) is 14.7 Å². The molecule has 0 radical (unpaired) electrons. The van der Waals surface area contributed by atoms with Crippen molar-refractivity contribution in [1.82, 2.24) is 0 Å². The maximum absolute atomic E-state index is 12.3. The van der Waals surface area contributed by atoms with Gasteiger partial charge in [0, 0.05) is 16.9 Å². The van der Waals surface area contributed by atoms with Crippen molar-refractivity contribution in [3.8, 4) is 0 Å². The molecular formula is C12H14NO3P. The molecule has 0 saturated carbocycles. The molecule has 0 aromatic heterocycles. The highest BCUT2D eigenvalue weighted by Gasteiger charge is 2.20. The van der Waals surface area contributed by atoms with Gasteiger partial charge in [-0.25, -0.2) is 0 Å². The van der Waals surface area contributed by atoms with Crippen LogP contribution in [0, 0.1) is 10.1 Å². The zero-order valence-electron chi connectivity index (χ0n) is 9.63. The van der Waals surface area contributed by atoms with Crippen LogP contribution >= 0.6 is 7.14 Å². The normalized spacial score (nSPS) is 10.9. The number of nitro benzene ring substituents is 1. The van der Waals surface area contributed by atoms with Crippen LogP contribution in [0.25, 0.3) is 0 Å².